The number of ether oxygens (including phenoxy) is 1. The molecule has 0 aliphatic heterocycles. The maximum atomic E-state index is 12.3. The minimum absolute atomic E-state index is 0.0461. The van der Waals surface area contributed by atoms with Crippen molar-refractivity contribution in [3.8, 4) is 27.6 Å². The highest BCUT2D eigenvalue weighted by Gasteiger charge is 2.09. The number of pyridine rings is 1. The Hall–Kier alpha value is -3.51. The van der Waals surface area contributed by atoms with Crippen molar-refractivity contribution < 1.29 is 9.53 Å². The summed E-state index contributed by atoms with van der Waals surface area (Å²) in [4.78, 5) is 21.1. The van der Waals surface area contributed by atoms with Crippen LogP contribution < -0.4 is 10.1 Å². The number of carbonyl (C=O) groups excluding carboxylic acids is 1. The van der Waals surface area contributed by atoms with Gasteiger partial charge < -0.3 is 10.1 Å². The summed E-state index contributed by atoms with van der Waals surface area (Å²) in [5.74, 6) is 0.470. The topological polar surface area (TPSA) is 64.1 Å². The summed E-state index contributed by atoms with van der Waals surface area (Å²) in [7, 11) is 0. The van der Waals surface area contributed by atoms with Crippen LogP contribution in [0, 0.1) is 6.92 Å². The second kappa shape index (κ2) is 8.67. The molecule has 0 fully saturated rings. The smallest absolute Gasteiger partial charge is 0.262 e. The number of nitrogens with one attached hydrogen (secondary N) is 1. The lowest BCUT2D eigenvalue weighted by Gasteiger charge is -2.09. The molecule has 6 heteroatoms. The lowest BCUT2D eigenvalue weighted by molar-refractivity contribution is -0.118. The third-order valence-electron chi connectivity index (χ3n) is 4.21. The summed E-state index contributed by atoms with van der Waals surface area (Å²) in [5.41, 5.74) is 4.58. The van der Waals surface area contributed by atoms with Crippen LogP contribution in [0.25, 0.3) is 21.8 Å². The molecule has 0 saturated carbocycles. The number of aryl methyl sites for hydroxylation is 1. The summed E-state index contributed by atoms with van der Waals surface area (Å²) in [6, 6.07) is 19.1. The predicted octanol–water partition coefficient (Wildman–Crippen LogP) is 5.20. The van der Waals surface area contributed by atoms with E-state index in [2.05, 4.69) is 10.3 Å². The molecule has 0 unspecified atom stereocenters. The van der Waals surface area contributed by atoms with Crippen LogP contribution in [-0.2, 0) is 4.79 Å². The summed E-state index contributed by atoms with van der Waals surface area (Å²) in [6.07, 6.45) is 3.54. The first-order valence-corrected chi connectivity index (χ1v) is 10.0. The highest BCUT2D eigenvalue weighted by molar-refractivity contribution is 7.13. The Morgan fingerprint density at radius 1 is 1.07 bits per heavy atom. The van der Waals surface area contributed by atoms with Gasteiger partial charge in [-0.05, 0) is 48.9 Å². The van der Waals surface area contributed by atoms with E-state index in [1.165, 1.54) is 0 Å². The number of amides is 1. The average Bonchev–Trinajstić information content (AvgIpc) is 3.24. The van der Waals surface area contributed by atoms with Crippen molar-refractivity contribution in [2.24, 2.45) is 0 Å². The Kier molecular flexibility index (Phi) is 5.63. The molecule has 0 saturated heterocycles. The lowest BCUT2D eigenvalue weighted by Crippen LogP contribution is -2.20. The van der Waals surface area contributed by atoms with E-state index in [0.29, 0.717) is 11.4 Å². The molecule has 29 heavy (non-hydrogen) atoms. The number of nitrogens with zero attached hydrogens (tertiary/aromatic N) is 2. The van der Waals surface area contributed by atoms with Gasteiger partial charge in [0.05, 0.1) is 5.69 Å². The molecular weight excluding hydrogens is 382 g/mol. The first-order chi connectivity index (χ1) is 14.2. The van der Waals surface area contributed by atoms with E-state index in [4.69, 9.17) is 9.72 Å². The van der Waals surface area contributed by atoms with E-state index in [-0.39, 0.29) is 12.5 Å². The molecule has 2 heterocycles. The maximum absolute atomic E-state index is 12.3. The standard InChI is InChI=1S/C23H19N3O2S/c1-16-5-2-9-20(11-16)28-14-22(27)25-19-8-3-6-17(12-19)21-15-29-23(26-21)18-7-4-10-24-13-18/h2-13,15H,14H2,1H3,(H,25,27). The third kappa shape index (κ3) is 4.86. The summed E-state index contributed by atoms with van der Waals surface area (Å²) >= 11 is 1.57. The molecule has 4 rings (SSSR count). The molecule has 0 spiro atoms. The lowest BCUT2D eigenvalue weighted by atomic mass is 10.1. The van der Waals surface area contributed by atoms with Crippen LogP contribution in [0.1, 0.15) is 5.56 Å². The fourth-order valence-electron chi connectivity index (χ4n) is 2.84. The Bertz CT molecular complexity index is 1130. The zero-order chi connectivity index (χ0) is 20.1. The molecule has 1 N–H and O–H groups in total. The maximum Gasteiger partial charge on any atom is 0.262 e. The molecule has 2 aromatic carbocycles. The van der Waals surface area contributed by atoms with Crippen LogP contribution in [0.5, 0.6) is 5.75 Å². The fraction of sp³-hybridized carbons (Fsp3) is 0.0870. The molecule has 1 amide bonds. The van der Waals surface area contributed by atoms with Gasteiger partial charge >= 0.3 is 0 Å². The van der Waals surface area contributed by atoms with Gasteiger partial charge in [-0.1, -0.05) is 24.3 Å². The first-order valence-electron chi connectivity index (χ1n) is 9.13. The van der Waals surface area contributed by atoms with Crippen LogP contribution in [0.15, 0.2) is 78.4 Å². The molecule has 2 aromatic heterocycles. The van der Waals surface area contributed by atoms with E-state index >= 15 is 0 Å². The first kappa shape index (κ1) is 18.8. The monoisotopic (exact) mass is 401 g/mol. The molecule has 0 atom stereocenters. The summed E-state index contributed by atoms with van der Waals surface area (Å²) in [6.45, 7) is 1.94. The Morgan fingerprint density at radius 3 is 2.76 bits per heavy atom. The molecule has 0 radical (unpaired) electrons. The van der Waals surface area contributed by atoms with Gasteiger partial charge in [-0.15, -0.1) is 11.3 Å². The van der Waals surface area contributed by atoms with Crippen LogP contribution in [0.3, 0.4) is 0 Å². The van der Waals surface area contributed by atoms with Gasteiger partial charge in [0, 0.05) is 34.6 Å². The second-order valence-electron chi connectivity index (χ2n) is 6.51. The molecule has 5 nitrogen and oxygen atoms in total. The van der Waals surface area contributed by atoms with Crippen molar-refractivity contribution in [2.45, 2.75) is 6.92 Å². The van der Waals surface area contributed by atoms with Crippen LogP contribution in [0.2, 0.25) is 0 Å². The van der Waals surface area contributed by atoms with Gasteiger partial charge in [0.1, 0.15) is 10.8 Å². The van der Waals surface area contributed by atoms with E-state index in [1.807, 2.05) is 73.0 Å². The highest BCUT2D eigenvalue weighted by Crippen LogP contribution is 2.29. The third-order valence-corrected chi connectivity index (χ3v) is 5.11. The highest BCUT2D eigenvalue weighted by atomic mass is 32.1. The minimum Gasteiger partial charge on any atom is -0.484 e. The van der Waals surface area contributed by atoms with Crippen molar-refractivity contribution in [2.75, 3.05) is 11.9 Å². The van der Waals surface area contributed by atoms with Gasteiger partial charge in [0.15, 0.2) is 6.61 Å². The van der Waals surface area contributed by atoms with Gasteiger partial charge in [-0.25, -0.2) is 4.98 Å². The van der Waals surface area contributed by atoms with Gasteiger partial charge in [0.25, 0.3) is 5.91 Å². The quantitative estimate of drug-likeness (QED) is 0.482. The van der Waals surface area contributed by atoms with E-state index in [9.17, 15) is 4.79 Å². The fourth-order valence-corrected chi connectivity index (χ4v) is 3.66. The van der Waals surface area contributed by atoms with Crippen molar-refractivity contribution >= 4 is 22.9 Å². The normalized spacial score (nSPS) is 10.5. The summed E-state index contributed by atoms with van der Waals surface area (Å²) < 4.78 is 5.56. The van der Waals surface area contributed by atoms with Gasteiger partial charge in [-0.3, -0.25) is 9.78 Å². The largest absolute Gasteiger partial charge is 0.484 e. The number of thiazole rings is 1. The Labute approximate surface area is 173 Å². The van der Waals surface area contributed by atoms with Crippen LogP contribution in [-0.4, -0.2) is 22.5 Å². The molecular formula is C23H19N3O2S. The zero-order valence-electron chi connectivity index (χ0n) is 15.8. The molecule has 144 valence electrons. The van der Waals surface area contributed by atoms with Crippen molar-refractivity contribution in [1.82, 2.24) is 9.97 Å². The van der Waals surface area contributed by atoms with Gasteiger partial charge in [-0.2, -0.15) is 0 Å². The molecule has 0 bridgehead atoms. The van der Waals surface area contributed by atoms with E-state index in [0.717, 1.165) is 27.4 Å². The summed E-state index contributed by atoms with van der Waals surface area (Å²) in [5, 5.41) is 5.79. The average molecular weight is 401 g/mol. The van der Waals surface area contributed by atoms with Crippen LogP contribution in [0.4, 0.5) is 5.69 Å². The van der Waals surface area contributed by atoms with E-state index in [1.54, 1.807) is 23.7 Å². The van der Waals surface area contributed by atoms with Gasteiger partial charge in [0.2, 0.25) is 0 Å². The Morgan fingerprint density at radius 2 is 1.93 bits per heavy atom. The number of rotatable bonds is 6. The van der Waals surface area contributed by atoms with E-state index < -0.39 is 0 Å². The SMILES string of the molecule is Cc1cccc(OCC(=O)Nc2cccc(-c3csc(-c4cccnc4)n3)c2)c1. The Balaban J connectivity index is 1.42. The molecule has 4 aromatic rings. The molecule has 0 aliphatic rings. The van der Waals surface area contributed by atoms with Crippen molar-refractivity contribution in [1.29, 1.82) is 0 Å². The number of anilines is 1. The second-order valence-corrected chi connectivity index (χ2v) is 7.37. The van der Waals surface area contributed by atoms with Crippen molar-refractivity contribution in [3.63, 3.8) is 0 Å². The number of benzene rings is 2. The predicted molar refractivity (Wildman–Crippen MR) is 116 cm³/mol. The minimum atomic E-state index is -0.210. The number of aromatic nitrogens is 2. The number of hydrogen-bond acceptors (Lipinski definition) is 5. The number of hydrogen-bond donors (Lipinski definition) is 1. The van der Waals surface area contributed by atoms with Crippen molar-refractivity contribution in [3.05, 3.63) is 84.0 Å². The number of carbonyl (C=O) groups is 1. The van der Waals surface area contributed by atoms with Crippen LogP contribution >= 0.6 is 11.3 Å². The zero-order valence-corrected chi connectivity index (χ0v) is 16.6. The molecule has 0 aliphatic carbocycles.